The molecule has 0 spiro atoms. The van der Waals surface area contributed by atoms with E-state index in [9.17, 15) is 0 Å². The van der Waals surface area contributed by atoms with Crippen LogP contribution >= 0.6 is 34.0 Å². The predicted octanol–water partition coefficient (Wildman–Crippen LogP) is 5.82. The minimum absolute atomic E-state index is 1.35. The van der Waals surface area contributed by atoms with Gasteiger partial charge in [-0.05, 0) is 60.0 Å². The molecular weight excluding hydrogens is 264 g/mol. The second-order valence-electron chi connectivity index (χ2n) is 4.14. The lowest BCUT2D eigenvalue weighted by molar-refractivity contribution is 1.56. The van der Waals surface area contributed by atoms with Gasteiger partial charge in [0.15, 0.2) is 0 Å². The molecule has 0 radical (unpaired) electrons. The molecule has 3 aromatic rings. The summed E-state index contributed by atoms with van der Waals surface area (Å²) < 4.78 is 0. The van der Waals surface area contributed by atoms with Crippen LogP contribution in [0.1, 0.15) is 11.1 Å². The van der Waals surface area contributed by atoms with E-state index >= 15 is 0 Å². The van der Waals surface area contributed by atoms with Gasteiger partial charge in [-0.1, -0.05) is 0 Å². The van der Waals surface area contributed by atoms with Gasteiger partial charge in [0.25, 0.3) is 0 Å². The van der Waals surface area contributed by atoms with Crippen molar-refractivity contribution in [3.05, 3.63) is 46.2 Å². The molecule has 0 unspecified atom stereocenters. The van der Waals surface area contributed by atoms with Crippen LogP contribution in [0.2, 0.25) is 0 Å². The Bertz CT molecular complexity index is 585. The summed E-state index contributed by atoms with van der Waals surface area (Å²) >= 11 is 5.55. The Hall–Kier alpha value is -0.900. The van der Waals surface area contributed by atoms with Crippen molar-refractivity contribution in [1.82, 2.24) is 0 Å². The fourth-order valence-corrected chi connectivity index (χ4v) is 4.73. The highest BCUT2D eigenvalue weighted by molar-refractivity contribution is 7.25. The largest absolute Gasteiger partial charge is 0.143 e. The predicted molar refractivity (Wildman–Crippen MR) is 80.4 cm³/mol. The SMILES string of the molecule is Cc1csc(-c2ccc(-c3cc(C)cs3)s2)c1. The van der Waals surface area contributed by atoms with Crippen LogP contribution in [0.25, 0.3) is 19.5 Å². The Morgan fingerprint density at radius 2 is 1.18 bits per heavy atom. The summed E-state index contributed by atoms with van der Waals surface area (Å²) in [5.41, 5.74) is 2.71. The fourth-order valence-electron chi connectivity index (χ4n) is 1.72. The van der Waals surface area contributed by atoms with E-state index in [1.165, 1.54) is 30.6 Å². The summed E-state index contributed by atoms with van der Waals surface area (Å²) in [6, 6.07) is 9.00. The first kappa shape index (κ1) is 11.2. The molecule has 3 aromatic heterocycles. The molecule has 0 nitrogen and oxygen atoms in total. The summed E-state index contributed by atoms with van der Waals surface area (Å²) in [7, 11) is 0. The van der Waals surface area contributed by atoms with Crippen LogP contribution in [-0.4, -0.2) is 0 Å². The van der Waals surface area contributed by atoms with Crippen LogP contribution in [-0.2, 0) is 0 Å². The molecule has 3 heterocycles. The number of rotatable bonds is 2. The van der Waals surface area contributed by atoms with Crippen molar-refractivity contribution in [2.24, 2.45) is 0 Å². The monoisotopic (exact) mass is 276 g/mol. The molecule has 0 aliphatic heterocycles. The molecule has 0 fully saturated rings. The molecule has 0 aliphatic carbocycles. The quantitative estimate of drug-likeness (QED) is 0.553. The highest BCUT2D eigenvalue weighted by Crippen LogP contribution is 2.39. The van der Waals surface area contributed by atoms with Crippen molar-refractivity contribution >= 4 is 34.0 Å². The van der Waals surface area contributed by atoms with Gasteiger partial charge in [-0.2, -0.15) is 0 Å². The molecular formula is C14H12S3. The highest BCUT2D eigenvalue weighted by Gasteiger charge is 2.07. The van der Waals surface area contributed by atoms with Crippen molar-refractivity contribution in [3.63, 3.8) is 0 Å². The van der Waals surface area contributed by atoms with Crippen LogP contribution in [0, 0.1) is 13.8 Å². The first-order chi connectivity index (χ1) is 8.22. The van der Waals surface area contributed by atoms with Gasteiger partial charge in [-0.3, -0.25) is 0 Å². The molecule has 0 aliphatic rings. The van der Waals surface area contributed by atoms with Gasteiger partial charge in [-0.15, -0.1) is 34.0 Å². The Morgan fingerprint density at radius 3 is 1.53 bits per heavy atom. The smallest absolute Gasteiger partial charge is 0.0449 e. The topological polar surface area (TPSA) is 0 Å². The summed E-state index contributed by atoms with van der Waals surface area (Å²) in [5.74, 6) is 0. The fraction of sp³-hybridized carbons (Fsp3) is 0.143. The average Bonchev–Trinajstić information content (AvgIpc) is 2.96. The molecule has 86 valence electrons. The minimum Gasteiger partial charge on any atom is -0.143 e. The van der Waals surface area contributed by atoms with Gasteiger partial charge in [-0.25, -0.2) is 0 Å². The Kier molecular flexibility index (Phi) is 2.90. The summed E-state index contributed by atoms with van der Waals surface area (Å²) in [6.07, 6.45) is 0. The molecule has 0 amide bonds. The number of hydrogen-bond donors (Lipinski definition) is 0. The van der Waals surface area contributed by atoms with E-state index in [1.54, 1.807) is 0 Å². The molecule has 3 rings (SSSR count). The van der Waals surface area contributed by atoms with Crippen LogP contribution < -0.4 is 0 Å². The van der Waals surface area contributed by atoms with Gasteiger partial charge in [0.05, 0.1) is 0 Å². The highest BCUT2D eigenvalue weighted by atomic mass is 32.1. The van der Waals surface area contributed by atoms with Gasteiger partial charge >= 0.3 is 0 Å². The maximum atomic E-state index is 2.26. The van der Waals surface area contributed by atoms with Crippen molar-refractivity contribution in [2.75, 3.05) is 0 Å². The zero-order chi connectivity index (χ0) is 11.8. The lowest BCUT2D eigenvalue weighted by Gasteiger charge is -1.90. The first-order valence-electron chi connectivity index (χ1n) is 5.43. The summed E-state index contributed by atoms with van der Waals surface area (Å²) in [4.78, 5) is 5.52. The van der Waals surface area contributed by atoms with Gasteiger partial charge < -0.3 is 0 Å². The maximum Gasteiger partial charge on any atom is 0.0449 e. The first-order valence-corrected chi connectivity index (χ1v) is 8.01. The Morgan fingerprint density at radius 1 is 0.706 bits per heavy atom. The van der Waals surface area contributed by atoms with Gasteiger partial charge in [0.2, 0.25) is 0 Å². The normalized spacial score (nSPS) is 10.9. The Balaban J connectivity index is 1.98. The maximum absolute atomic E-state index is 2.26. The summed E-state index contributed by atoms with van der Waals surface area (Å²) in [6.45, 7) is 4.30. The van der Waals surface area contributed by atoms with E-state index < -0.39 is 0 Å². The lowest BCUT2D eigenvalue weighted by Crippen LogP contribution is -1.60. The standard InChI is InChI=1S/C14H12S3/c1-9-5-13(15-7-9)11-3-4-12(17-11)14-6-10(2)8-16-14/h3-8H,1-2H3. The second-order valence-corrected chi connectivity index (χ2v) is 7.05. The molecule has 0 N–H and O–H groups in total. The molecule has 0 atom stereocenters. The van der Waals surface area contributed by atoms with Crippen molar-refractivity contribution in [3.8, 4) is 19.5 Å². The van der Waals surface area contributed by atoms with Crippen LogP contribution in [0.5, 0.6) is 0 Å². The number of thiophene rings is 3. The minimum atomic E-state index is 1.35. The van der Waals surface area contributed by atoms with Crippen molar-refractivity contribution in [1.29, 1.82) is 0 Å². The third-order valence-electron chi connectivity index (χ3n) is 2.55. The van der Waals surface area contributed by atoms with E-state index in [1.807, 2.05) is 34.0 Å². The van der Waals surface area contributed by atoms with Gasteiger partial charge in [0, 0.05) is 19.5 Å². The second kappa shape index (κ2) is 4.41. The third kappa shape index (κ3) is 2.23. The number of aryl methyl sites for hydroxylation is 2. The zero-order valence-electron chi connectivity index (χ0n) is 9.69. The molecule has 0 saturated heterocycles. The van der Waals surface area contributed by atoms with Crippen molar-refractivity contribution < 1.29 is 0 Å². The number of hydrogen-bond acceptors (Lipinski definition) is 3. The van der Waals surface area contributed by atoms with E-state index in [-0.39, 0.29) is 0 Å². The molecule has 0 bridgehead atoms. The lowest BCUT2D eigenvalue weighted by atomic mass is 10.3. The van der Waals surface area contributed by atoms with E-state index in [2.05, 4.69) is 48.9 Å². The summed E-state index contributed by atoms with van der Waals surface area (Å²) in [5, 5.41) is 4.42. The van der Waals surface area contributed by atoms with Crippen molar-refractivity contribution in [2.45, 2.75) is 13.8 Å². The van der Waals surface area contributed by atoms with Crippen LogP contribution in [0.15, 0.2) is 35.0 Å². The zero-order valence-corrected chi connectivity index (χ0v) is 12.1. The van der Waals surface area contributed by atoms with Gasteiger partial charge in [0.1, 0.15) is 0 Å². The third-order valence-corrected chi connectivity index (χ3v) is 6.13. The van der Waals surface area contributed by atoms with E-state index in [4.69, 9.17) is 0 Å². The van der Waals surface area contributed by atoms with E-state index in [0.717, 1.165) is 0 Å². The Labute approximate surface area is 113 Å². The molecule has 0 saturated carbocycles. The molecule has 0 aromatic carbocycles. The molecule has 3 heteroatoms. The van der Waals surface area contributed by atoms with E-state index in [0.29, 0.717) is 0 Å². The van der Waals surface area contributed by atoms with Crippen LogP contribution in [0.3, 0.4) is 0 Å². The molecule has 17 heavy (non-hydrogen) atoms. The average molecular weight is 276 g/mol. The van der Waals surface area contributed by atoms with Crippen LogP contribution in [0.4, 0.5) is 0 Å².